The van der Waals surface area contributed by atoms with Gasteiger partial charge in [0.15, 0.2) is 5.82 Å². The number of carbonyl (C=O) groups is 1. The molecule has 9 heteroatoms. The van der Waals surface area contributed by atoms with Crippen LogP contribution in [0.5, 0.6) is 0 Å². The van der Waals surface area contributed by atoms with Gasteiger partial charge in [0.2, 0.25) is 5.82 Å². The van der Waals surface area contributed by atoms with E-state index in [0.29, 0.717) is 11.8 Å². The van der Waals surface area contributed by atoms with Gasteiger partial charge in [0, 0.05) is 10.9 Å². The molecule has 0 saturated heterocycles. The van der Waals surface area contributed by atoms with Gasteiger partial charge >= 0.3 is 12.2 Å². The van der Waals surface area contributed by atoms with Gasteiger partial charge in [0.05, 0.1) is 5.52 Å². The summed E-state index contributed by atoms with van der Waals surface area (Å²) in [6.45, 7) is 13.8. The molecule has 3 N–H and O–H groups in total. The number of urea groups is 1. The molecule has 0 bridgehead atoms. The van der Waals surface area contributed by atoms with E-state index in [-0.39, 0.29) is 22.7 Å². The number of rotatable bonds is 5. The Kier molecular flexibility index (Phi) is 6.54. The molecule has 0 fully saturated rings. The first-order valence-electron chi connectivity index (χ1n) is 9.80. The monoisotopic (exact) mass is 425 g/mol. The number of anilines is 1. The van der Waals surface area contributed by atoms with Gasteiger partial charge in [-0.2, -0.15) is 13.2 Å². The van der Waals surface area contributed by atoms with Crippen molar-refractivity contribution in [2.24, 2.45) is 5.41 Å². The minimum atomic E-state index is -4.71. The molecule has 0 saturated carbocycles. The van der Waals surface area contributed by atoms with E-state index < -0.39 is 23.6 Å². The minimum absolute atomic E-state index is 0.0111. The highest BCUT2D eigenvalue weighted by atomic mass is 19.4. The Labute approximate surface area is 175 Å². The second kappa shape index (κ2) is 8.28. The van der Waals surface area contributed by atoms with Crippen LogP contribution in [0.25, 0.3) is 10.9 Å². The fraction of sp³-hybridized carbons (Fsp3) is 0.571. The molecule has 2 rings (SSSR count). The largest absolute Gasteiger partial charge is 0.451 e. The number of hydrogen-bond donors (Lipinski definition) is 3. The number of alkyl halides is 3. The standard InChI is InChI=1S/C21H30F3N5O/c1-12(2)13-8-9-14-15(10-13)25-17(21(22,23)24)26-16(14)28-29-18(30)27-20(6,7)11-19(3,4)5/h8-10,12H,11H2,1-7H3,(H,25,26,28)(H2,27,29,30). The minimum Gasteiger partial charge on any atom is -0.332 e. The van der Waals surface area contributed by atoms with Crippen molar-refractivity contribution in [2.75, 3.05) is 5.43 Å². The van der Waals surface area contributed by atoms with E-state index in [1.165, 1.54) is 0 Å². The van der Waals surface area contributed by atoms with Gasteiger partial charge in [-0.3, -0.25) is 10.9 Å². The van der Waals surface area contributed by atoms with Crippen LogP contribution in [0.2, 0.25) is 0 Å². The fourth-order valence-electron chi connectivity index (χ4n) is 3.55. The zero-order valence-corrected chi connectivity index (χ0v) is 18.5. The second-order valence-corrected chi connectivity index (χ2v) is 9.65. The first-order chi connectivity index (χ1) is 13.6. The number of carbonyl (C=O) groups excluding carboxylic acids is 1. The molecule has 30 heavy (non-hydrogen) atoms. The molecule has 0 aliphatic rings. The first-order valence-corrected chi connectivity index (χ1v) is 9.80. The summed E-state index contributed by atoms with van der Waals surface area (Å²) in [6, 6.07) is 4.50. The number of amides is 2. The molecular weight excluding hydrogens is 395 g/mol. The van der Waals surface area contributed by atoms with Crippen molar-refractivity contribution in [1.29, 1.82) is 0 Å². The normalized spacial score (nSPS) is 12.9. The summed E-state index contributed by atoms with van der Waals surface area (Å²) < 4.78 is 39.8. The molecule has 2 amide bonds. The van der Waals surface area contributed by atoms with Crippen molar-refractivity contribution in [3.63, 3.8) is 0 Å². The van der Waals surface area contributed by atoms with Crippen LogP contribution < -0.4 is 16.2 Å². The summed E-state index contributed by atoms with van der Waals surface area (Å²) in [5.74, 6) is -1.26. The maximum atomic E-state index is 13.3. The molecule has 0 aliphatic carbocycles. The van der Waals surface area contributed by atoms with Crippen molar-refractivity contribution in [2.45, 2.75) is 72.5 Å². The molecule has 1 aromatic carbocycles. The summed E-state index contributed by atoms with van der Waals surface area (Å²) in [7, 11) is 0. The smallest absolute Gasteiger partial charge is 0.332 e. The maximum Gasteiger partial charge on any atom is 0.451 e. The van der Waals surface area contributed by atoms with Crippen molar-refractivity contribution in [1.82, 2.24) is 20.7 Å². The highest BCUT2D eigenvalue weighted by Gasteiger charge is 2.35. The van der Waals surface area contributed by atoms with Gasteiger partial charge in [-0.1, -0.05) is 40.7 Å². The second-order valence-electron chi connectivity index (χ2n) is 9.65. The molecule has 0 atom stereocenters. The van der Waals surface area contributed by atoms with E-state index in [0.717, 1.165) is 5.56 Å². The van der Waals surface area contributed by atoms with Crippen LogP contribution in [-0.2, 0) is 6.18 Å². The molecule has 6 nitrogen and oxygen atoms in total. The summed E-state index contributed by atoms with van der Waals surface area (Å²) in [5, 5.41) is 3.20. The van der Waals surface area contributed by atoms with Crippen LogP contribution in [0.4, 0.5) is 23.8 Å². The average Bonchev–Trinajstić information content (AvgIpc) is 2.55. The predicted molar refractivity (Wildman–Crippen MR) is 112 cm³/mol. The third-order valence-corrected chi connectivity index (χ3v) is 4.36. The SMILES string of the molecule is CC(C)c1ccc2c(NNC(=O)NC(C)(C)CC(C)(C)C)nc(C(F)(F)F)nc2c1. The van der Waals surface area contributed by atoms with Gasteiger partial charge in [-0.05, 0) is 49.3 Å². The lowest BCUT2D eigenvalue weighted by Crippen LogP contribution is -2.51. The predicted octanol–water partition coefficient (Wildman–Crippen LogP) is 5.61. The molecule has 1 heterocycles. The van der Waals surface area contributed by atoms with Crippen molar-refractivity contribution < 1.29 is 18.0 Å². The van der Waals surface area contributed by atoms with E-state index in [4.69, 9.17) is 0 Å². The average molecular weight is 425 g/mol. The zero-order chi connectivity index (χ0) is 22.9. The van der Waals surface area contributed by atoms with Crippen molar-refractivity contribution in [3.05, 3.63) is 29.6 Å². The molecule has 0 unspecified atom stereocenters. The Balaban J connectivity index is 2.29. The van der Waals surface area contributed by atoms with Gasteiger partial charge < -0.3 is 5.32 Å². The number of hydrazine groups is 1. The number of nitrogens with zero attached hydrogens (tertiary/aromatic N) is 2. The zero-order valence-electron chi connectivity index (χ0n) is 18.5. The van der Waals surface area contributed by atoms with Gasteiger partial charge in [0.1, 0.15) is 0 Å². The Hall–Kier alpha value is -2.58. The van der Waals surface area contributed by atoms with Gasteiger partial charge in [-0.15, -0.1) is 0 Å². The molecule has 166 valence electrons. The lowest BCUT2D eigenvalue weighted by Gasteiger charge is -2.33. The lowest BCUT2D eigenvalue weighted by atomic mass is 9.82. The van der Waals surface area contributed by atoms with Crippen LogP contribution in [0, 0.1) is 5.41 Å². The number of hydrogen-bond acceptors (Lipinski definition) is 4. The summed E-state index contributed by atoms with van der Waals surface area (Å²) in [6.07, 6.45) is -4.00. The number of nitrogens with one attached hydrogen (secondary N) is 3. The third-order valence-electron chi connectivity index (χ3n) is 4.36. The highest BCUT2D eigenvalue weighted by molar-refractivity contribution is 5.90. The van der Waals surface area contributed by atoms with Crippen LogP contribution in [0.3, 0.4) is 0 Å². The van der Waals surface area contributed by atoms with E-state index in [1.54, 1.807) is 18.2 Å². The maximum absolute atomic E-state index is 13.3. The topological polar surface area (TPSA) is 78.9 Å². The highest BCUT2D eigenvalue weighted by Crippen LogP contribution is 2.31. The molecule has 0 radical (unpaired) electrons. The summed E-state index contributed by atoms with van der Waals surface area (Å²) in [4.78, 5) is 19.6. The van der Waals surface area contributed by atoms with E-state index >= 15 is 0 Å². The number of aromatic nitrogens is 2. The Bertz CT molecular complexity index is 917. The quantitative estimate of drug-likeness (QED) is 0.544. The molecular formula is C21H30F3N5O. The van der Waals surface area contributed by atoms with Crippen LogP contribution in [-0.4, -0.2) is 21.5 Å². The summed E-state index contributed by atoms with van der Waals surface area (Å²) >= 11 is 0. The van der Waals surface area contributed by atoms with E-state index in [2.05, 4.69) is 46.9 Å². The van der Waals surface area contributed by atoms with Gasteiger partial charge in [-0.25, -0.2) is 14.8 Å². The number of fused-ring (bicyclic) bond motifs is 1. The molecule has 2 aromatic rings. The van der Waals surface area contributed by atoms with Crippen LogP contribution in [0.15, 0.2) is 18.2 Å². The molecule has 0 spiro atoms. The van der Waals surface area contributed by atoms with Gasteiger partial charge in [0.25, 0.3) is 0 Å². The Morgan fingerprint density at radius 3 is 2.23 bits per heavy atom. The first kappa shape index (κ1) is 23.7. The summed E-state index contributed by atoms with van der Waals surface area (Å²) in [5.41, 5.74) is 5.40. The van der Waals surface area contributed by atoms with Crippen LogP contribution in [0.1, 0.15) is 72.2 Å². The molecule has 1 aromatic heterocycles. The Morgan fingerprint density at radius 2 is 1.70 bits per heavy atom. The van der Waals surface area contributed by atoms with Crippen molar-refractivity contribution in [3.8, 4) is 0 Å². The lowest BCUT2D eigenvalue weighted by molar-refractivity contribution is -0.144. The van der Waals surface area contributed by atoms with E-state index in [1.807, 2.05) is 27.7 Å². The number of halogens is 3. The number of benzene rings is 1. The fourth-order valence-corrected chi connectivity index (χ4v) is 3.55. The third kappa shape index (κ3) is 6.47. The van der Waals surface area contributed by atoms with E-state index in [9.17, 15) is 18.0 Å². The Morgan fingerprint density at radius 1 is 1.07 bits per heavy atom. The van der Waals surface area contributed by atoms with Crippen molar-refractivity contribution >= 4 is 22.8 Å². The molecule has 0 aliphatic heterocycles. The van der Waals surface area contributed by atoms with Crippen LogP contribution >= 0.6 is 0 Å².